The van der Waals surface area contributed by atoms with Gasteiger partial charge in [-0.15, -0.1) is 0 Å². The van der Waals surface area contributed by atoms with Crippen molar-refractivity contribution >= 4 is 5.91 Å². The van der Waals surface area contributed by atoms with Crippen LogP contribution < -0.4 is 9.47 Å². The van der Waals surface area contributed by atoms with Crippen LogP contribution in [0.25, 0.3) is 0 Å². The van der Waals surface area contributed by atoms with Crippen LogP contribution in [0.2, 0.25) is 0 Å². The van der Waals surface area contributed by atoms with Gasteiger partial charge in [0.05, 0.1) is 38.4 Å². The van der Waals surface area contributed by atoms with E-state index in [1.165, 1.54) is 0 Å². The highest BCUT2D eigenvalue weighted by atomic mass is 16.5. The Labute approximate surface area is 172 Å². The Morgan fingerprint density at radius 3 is 2.72 bits per heavy atom. The van der Waals surface area contributed by atoms with Crippen LogP contribution in [0.3, 0.4) is 0 Å². The molecule has 0 N–H and O–H groups in total. The van der Waals surface area contributed by atoms with Crippen molar-refractivity contribution in [3.8, 4) is 17.6 Å². The van der Waals surface area contributed by atoms with Gasteiger partial charge in [-0.05, 0) is 55.3 Å². The standard InChI is InChI=1S/C23H27N3O3/c1-25(15-18-7-4-6-17(12-18)14-24)16-23(27)26-11-5-8-20(26)19-9-10-21(28-2)22(13-19)29-3/h4,6-7,9-10,12-13,20H,5,8,11,15-16H2,1-3H3. The third-order valence-corrected chi connectivity index (χ3v) is 5.28. The molecule has 6 nitrogen and oxygen atoms in total. The first-order valence-corrected chi connectivity index (χ1v) is 9.74. The van der Waals surface area contributed by atoms with E-state index in [0.29, 0.717) is 30.2 Å². The zero-order chi connectivity index (χ0) is 20.8. The predicted octanol–water partition coefficient (Wildman–Crippen LogP) is 3.37. The largest absolute Gasteiger partial charge is 0.493 e. The van der Waals surface area contributed by atoms with Gasteiger partial charge >= 0.3 is 0 Å². The van der Waals surface area contributed by atoms with Gasteiger partial charge in [0.2, 0.25) is 5.91 Å². The number of nitrogens with zero attached hydrogens (tertiary/aromatic N) is 3. The summed E-state index contributed by atoms with van der Waals surface area (Å²) in [5.74, 6) is 1.48. The number of amides is 1. The third-order valence-electron chi connectivity index (χ3n) is 5.28. The topological polar surface area (TPSA) is 65.8 Å². The van der Waals surface area contributed by atoms with Gasteiger partial charge in [-0.3, -0.25) is 9.69 Å². The smallest absolute Gasteiger partial charge is 0.237 e. The Kier molecular flexibility index (Phi) is 6.73. The van der Waals surface area contributed by atoms with E-state index >= 15 is 0 Å². The van der Waals surface area contributed by atoms with Gasteiger partial charge in [0.25, 0.3) is 0 Å². The van der Waals surface area contributed by atoms with Crippen LogP contribution in [0, 0.1) is 11.3 Å². The van der Waals surface area contributed by atoms with Gasteiger partial charge in [0.1, 0.15) is 0 Å². The fourth-order valence-corrected chi connectivity index (χ4v) is 3.90. The lowest BCUT2D eigenvalue weighted by Gasteiger charge is -2.28. The fourth-order valence-electron chi connectivity index (χ4n) is 3.90. The molecule has 1 amide bonds. The van der Waals surface area contributed by atoms with Gasteiger partial charge in [-0.1, -0.05) is 18.2 Å². The number of hydrogen-bond acceptors (Lipinski definition) is 5. The molecule has 1 saturated heterocycles. The van der Waals surface area contributed by atoms with Crippen LogP contribution in [0.1, 0.15) is 35.6 Å². The molecule has 3 rings (SSSR count). The molecule has 1 aliphatic rings. The van der Waals surface area contributed by atoms with Crippen molar-refractivity contribution in [2.45, 2.75) is 25.4 Å². The lowest BCUT2D eigenvalue weighted by Crippen LogP contribution is -2.38. The summed E-state index contributed by atoms with van der Waals surface area (Å²) >= 11 is 0. The Morgan fingerprint density at radius 2 is 2.00 bits per heavy atom. The number of benzene rings is 2. The van der Waals surface area contributed by atoms with Gasteiger partial charge in [0.15, 0.2) is 11.5 Å². The number of carbonyl (C=O) groups excluding carboxylic acids is 1. The van der Waals surface area contributed by atoms with Crippen LogP contribution in [-0.2, 0) is 11.3 Å². The molecule has 152 valence electrons. The van der Waals surface area contributed by atoms with E-state index in [1.54, 1.807) is 20.3 Å². The Balaban J connectivity index is 1.67. The molecule has 2 aromatic rings. The molecule has 6 heteroatoms. The summed E-state index contributed by atoms with van der Waals surface area (Å²) in [6, 6.07) is 15.6. The van der Waals surface area contributed by atoms with Gasteiger partial charge < -0.3 is 14.4 Å². The van der Waals surface area contributed by atoms with Crippen molar-refractivity contribution in [2.24, 2.45) is 0 Å². The summed E-state index contributed by atoms with van der Waals surface area (Å²) < 4.78 is 10.7. The number of hydrogen-bond donors (Lipinski definition) is 0. The second kappa shape index (κ2) is 9.44. The average molecular weight is 393 g/mol. The highest BCUT2D eigenvalue weighted by Crippen LogP contribution is 2.36. The van der Waals surface area contributed by atoms with Gasteiger partial charge in [-0.2, -0.15) is 5.26 Å². The average Bonchev–Trinajstić information content (AvgIpc) is 3.23. The maximum Gasteiger partial charge on any atom is 0.237 e. The molecule has 29 heavy (non-hydrogen) atoms. The van der Waals surface area contributed by atoms with E-state index in [0.717, 1.165) is 30.5 Å². The molecule has 0 saturated carbocycles. The molecule has 1 atom stereocenters. The van der Waals surface area contributed by atoms with Gasteiger partial charge in [-0.25, -0.2) is 0 Å². The molecule has 1 aliphatic heterocycles. The van der Waals surface area contributed by atoms with Crippen LogP contribution in [-0.4, -0.2) is 50.1 Å². The number of carbonyl (C=O) groups is 1. The van der Waals surface area contributed by atoms with Crippen LogP contribution in [0.5, 0.6) is 11.5 Å². The maximum absolute atomic E-state index is 13.0. The number of likely N-dealkylation sites (N-methyl/N-ethyl adjacent to an activating group) is 1. The number of nitriles is 1. The van der Waals surface area contributed by atoms with E-state index in [-0.39, 0.29) is 11.9 Å². The Hall–Kier alpha value is -3.04. The summed E-state index contributed by atoms with van der Waals surface area (Å²) in [6.45, 7) is 1.71. The van der Waals surface area contributed by atoms with Crippen molar-refractivity contribution in [1.82, 2.24) is 9.80 Å². The molecule has 0 aromatic heterocycles. The van der Waals surface area contributed by atoms with Crippen LogP contribution in [0.4, 0.5) is 0 Å². The SMILES string of the molecule is COc1ccc(C2CCCN2C(=O)CN(C)Cc2cccc(C#N)c2)cc1OC. The van der Waals surface area contributed by atoms with Crippen LogP contribution >= 0.6 is 0 Å². The second-order valence-electron chi connectivity index (χ2n) is 7.34. The molecule has 0 spiro atoms. The monoisotopic (exact) mass is 393 g/mol. The van der Waals surface area contributed by atoms with Crippen molar-refractivity contribution in [3.05, 3.63) is 59.2 Å². The van der Waals surface area contributed by atoms with E-state index in [2.05, 4.69) is 6.07 Å². The summed E-state index contributed by atoms with van der Waals surface area (Å²) in [5.41, 5.74) is 2.73. The molecule has 0 radical (unpaired) electrons. The van der Waals surface area contributed by atoms with E-state index in [9.17, 15) is 4.79 Å². The minimum Gasteiger partial charge on any atom is -0.493 e. The third kappa shape index (κ3) is 4.87. The molecule has 1 unspecified atom stereocenters. The lowest BCUT2D eigenvalue weighted by atomic mass is 10.0. The summed E-state index contributed by atoms with van der Waals surface area (Å²) in [4.78, 5) is 17.0. The fraction of sp³-hybridized carbons (Fsp3) is 0.391. The summed E-state index contributed by atoms with van der Waals surface area (Å²) in [6.07, 6.45) is 1.92. The Morgan fingerprint density at radius 1 is 1.21 bits per heavy atom. The quantitative estimate of drug-likeness (QED) is 0.722. The van der Waals surface area contributed by atoms with E-state index < -0.39 is 0 Å². The highest BCUT2D eigenvalue weighted by molar-refractivity contribution is 5.79. The zero-order valence-electron chi connectivity index (χ0n) is 17.2. The van der Waals surface area contributed by atoms with Crippen molar-refractivity contribution in [3.63, 3.8) is 0 Å². The molecule has 0 aliphatic carbocycles. The number of methoxy groups -OCH3 is 2. The highest BCUT2D eigenvalue weighted by Gasteiger charge is 2.30. The predicted molar refractivity (Wildman–Crippen MR) is 111 cm³/mol. The lowest BCUT2D eigenvalue weighted by molar-refractivity contribution is -0.133. The molecule has 1 heterocycles. The van der Waals surface area contributed by atoms with Gasteiger partial charge in [0, 0.05) is 13.1 Å². The first-order valence-electron chi connectivity index (χ1n) is 9.74. The number of ether oxygens (including phenoxy) is 2. The zero-order valence-corrected chi connectivity index (χ0v) is 17.2. The number of rotatable bonds is 7. The number of likely N-dealkylation sites (tertiary alicyclic amines) is 1. The van der Waals surface area contributed by atoms with Crippen molar-refractivity contribution in [1.29, 1.82) is 5.26 Å². The first kappa shape index (κ1) is 20.7. The first-order chi connectivity index (χ1) is 14.0. The maximum atomic E-state index is 13.0. The van der Waals surface area contributed by atoms with E-state index in [4.69, 9.17) is 14.7 Å². The molecule has 1 fully saturated rings. The minimum absolute atomic E-state index is 0.0534. The molecule has 2 aromatic carbocycles. The summed E-state index contributed by atoms with van der Waals surface area (Å²) in [5, 5.41) is 9.05. The van der Waals surface area contributed by atoms with E-state index in [1.807, 2.05) is 53.2 Å². The molecular formula is C23H27N3O3. The summed E-state index contributed by atoms with van der Waals surface area (Å²) in [7, 11) is 5.17. The normalized spacial score (nSPS) is 16.0. The molecular weight excluding hydrogens is 366 g/mol. The molecule has 0 bridgehead atoms. The van der Waals surface area contributed by atoms with Crippen LogP contribution in [0.15, 0.2) is 42.5 Å². The Bertz CT molecular complexity index is 906. The second-order valence-corrected chi connectivity index (χ2v) is 7.34. The minimum atomic E-state index is 0.0534. The van der Waals surface area contributed by atoms with Crippen molar-refractivity contribution < 1.29 is 14.3 Å². The van der Waals surface area contributed by atoms with Crippen molar-refractivity contribution in [2.75, 3.05) is 34.4 Å².